The molecular formula is C20H30IN7O2. The van der Waals surface area contributed by atoms with Gasteiger partial charge in [-0.05, 0) is 39.3 Å². The summed E-state index contributed by atoms with van der Waals surface area (Å²) in [5.74, 6) is 1.46. The Kier molecular flexibility index (Phi) is 8.44. The van der Waals surface area contributed by atoms with Gasteiger partial charge in [0.1, 0.15) is 11.9 Å². The number of aliphatic imine (C=N–C) groups is 1. The Balaban J connectivity index is 0.00000320. The van der Waals surface area contributed by atoms with E-state index in [1.165, 1.54) is 6.33 Å². The Labute approximate surface area is 194 Å². The Morgan fingerprint density at radius 3 is 2.77 bits per heavy atom. The first-order chi connectivity index (χ1) is 13.8. The Morgan fingerprint density at radius 1 is 1.37 bits per heavy atom. The summed E-state index contributed by atoms with van der Waals surface area (Å²) in [6.07, 6.45) is 1.22. The van der Waals surface area contributed by atoms with Crippen molar-refractivity contribution in [2.45, 2.75) is 45.9 Å². The number of H-pyrrole nitrogens is 1. The van der Waals surface area contributed by atoms with Crippen molar-refractivity contribution < 1.29 is 9.53 Å². The number of nitrogens with zero attached hydrogens (tertiary/aromatic N) is 4. The normalized spacial score (nSPS) is 14.5. The van der Waals surface area contributed by atoms with Crippen molar-refractivity contribution in [3.8, 4) is 11.4 Å². The quantitative estimate of drug-likeness (QED) is 0.314. The van der Waals surface area contributed by atoms with E-state index < -0.39 is 5.60 Å². The molecule has 0 unspecified atom stereocenters. The molecule has 0 atom stereocenters. The number of benzene rings is 1. The van der Waals surface area contributed by atoms with E-state index in [-0.39, 0.29) is 36.1 Å². The van der Waals surface area contributed by atoms with Gasteiger partial charge in [0.05, 0.1) is 12.6 Å². The van der Waals surface area contributed by atoms with Gasteiger partial charge < -0.3 is 20.3 Å². The van der Waals surface area contributed by atoms with Gasteiger partial charge in [0.2, 0.25) is 0 Å². The highest BCUT2D eigenvalue weighted by Crippen LogP contribution is 2.17. The van der Waals surface area contributed by atoms with Gasteiger partial charge in [0.15, 0.2) is 11.8 Å². The van der Waals surface area contributed by atoms with E-state index in [1.807, 2.05) is 52.0 Å². The van der Waals surface area contributed by atoms with Gasteiger partial charge >= 0.3 is 6.09 Å². The number of hydrogen-bond donors (Lipinski definition) is 3. The standard InChI is InChI=1S/C20H29N7O2.HI/c1-5-21-18(25-16-11-27(12-16)19(28)29-20(2,3)4)22-10-14-7-6-8-15(9-14)17-23-13-24-26-17;/h6-9,13,16H,5,10-12H2,1-4H3,(H2,21,22,25)(H,23,24,26);1H. The molecule has 3 rings (SSSR count). The molecule has 1 aliphatic rings. The van der Waals surface area contributed by atoms with Crippen LogP contribution in [0.15, 0.2) is 35.6 Å². The minimum Gasteiger partial charge on any atom is -0.444 e. The van der Waals surface area contributed by atoms with E-state index in [9.17, 15) is 4.79 Å². The molecule has 2 aromatic rings. The molecule has 3 N–H and O–H groups in total. The number of carbonyl (C=O) groups excluding carboxylic acids is 1. The topological polar surface area (TPSA) is 108 Å². The lowest BCUT2D eigenvalue weighted by Gasteiger charge is -2.40. The average molecular weight is 527 g/mol. The van der Waals surface area contributed by atoms with Crippen LogP contribution in [0.25, 0.3) is 11.4 Å². The van der Waals surface area contributed by atoms with Crippen LogP contribution in [0.2, 0.25) is 0 Å². The maximum atomic E-state index is 12.1. The number of halogens is 1. The van der Waals surface area contributed by atoms with E-state index >= 15 is 0 Å². The van der Waals surface area contributed by atoms with Gasteiger partial charge in [-0.1, -0.05) is 18.2 Å². The summed E-state index contributed by atoms with van der Waals surface area (Å²) in [5.41, 5.74) is 1.56. The molecule has 1 aliphatic heterocycles. The second kappa shape index (κ2) is 10.6. The minimum atomic E-state index is -0.480. The highest BCUT2D eigenvalue weighted by Gasteiger charge is 2.34. The Bertz CT molecular complexity index is 843. The SMILES string of the molecule is CCNC(=NCc1cccc(-c2ncn[nH]2)c1)NC1CN(C(=O)OC(C)(C)C)C1.I. The van der Waals surface area contributed by atoms with Crippen molar-refractivity contribution >= 4 is 36.0 Å². The zero-order valence-electron chi connectivity index (χ0n) is 17.8. The molecule has 9 nitrogen and oxygen atoms in total. The number of guanidine groups is 1. The number of amides is 1. The van der Waals surface area contributed by atoms with E-state index in [1.54, 1.807) is 4.90 Å². The zero-order valence-corrected chi connectivity index (χ0v) is 20.1. The van der Waals surface area contributed by atoms with Crippen LogP contribution in [-0.4, -0.2) is 63.4 Å². The highest BCUT2D eigenvalue weighted by atomic mass is 127. The van der Waals surface area contributed by atoms with E-state index in [0.29, 0.717) is 19.6 Å². The molecule has 1 aromatic heterocycles. The fraction of sp³-hybridized carbons (Fsp3) is 0.500. The summed E-state index contributed by atoms with van der Waals surface area (Å²) >= 11 is 0. The van der Waals surface area contributed by atoms with Crippen molar-refractivity contribution in [1.82, 2.24) is 30.7 Å². The number of hydrogen-bond acceptors (Lipinski definition) is 5. The molecule has 0 spiro atoms. The molecule has 0 radical (unpaired) electrons. The van der Waals surface area contributed by atoms with Gasteiger partial charge in [-0.25, -0.2) is 14.8 Å². The van der Waals surface area contributed by atoms with Gasteiger partial charge in [-0.3, -0.25) is 5.10 Å². The molecule has 10 heteroatoms. The summed E-state index contributed by atoms with van der Waals surface area (Å²) in [5, 5.41) is 13.4. The number of ether oxygens (including phenoxy) is 1. The smallest absolute Gasteiger partial charge is 0.410 e. The summed E-state index contributed by atoms with van der Waals surface area (Å²) in [6.45, 7) is 10.1. The zero-order chi connectivity index (χ0) is 20.9. The second-order valence-electron chi connectivity index (χ2n) is 7.96. The van der Waals surface area contributed by atoms with Crippen LogP contribution in [0.5, 0.6) is 0 Å². The molecule has 1 saturated heterocycles. The monoisotopic (exact) mass is 527 g/mol. The van der Waals surface area contributed by atoms with E-state index in [4.69, 9.17) is 4.74 Å². The van der Waals surface area contributed by atoms with Gasteiger partial charge in [-0.15, -0.1) is 24.0 Å². The summed E-state index contributed by atoms with van der Waals surface area (Å²) < 4.78 is 5.39. The van der Waals surface area contributed by atoms with Gasteiger partial charge in [-0.2, -0.15) is 5.10 Å². The van der Waals surface area contributed by atoms with Gasteiger partial charge in [0, 0.05) is 25.2 Å². The Hall–Kier alpha value is -2.37. The number of rotatable bonds is 5. The molecule has 1 amide bonds. The van der Waals surface area contributed by atoms with E-state index in [2.05, 4.69) is 30.8 Å². The molecular weight excluding hydrogens is 497 g/mol. The predicted octanol–water partition coefficient (Wildman–Crippen LogP) is 2.76. The van der Waals surface area contributed by atoms with Crippen LogP contribution >= 0.6 is 24.0 Å². The summed E-state index contributed by atoms with van der Waals surface area (Å²) in [4.78, 5) is 22.6. The molecule has 1 fully saturated rings. The largest absolute Gasteiger partial charge is 0.444 e. The number of aromatic amines is 1. The number of nitrogens with one attached hydrogen (secondary N) is 3. The minimum absolute atomic E-state index is 0. The molecule has 30 heavy (non-hydrogen) atoms. The van der Waals surface area contributed by atoms with Crippen LogP contribution < -0.4 is 10.6 Å². The third-order valence-electron chi connectivity index (χ3n) is 4.25. The first-order valence-corrected chi connectivity index (χ1v) is 9.81. The van der Waals surface area contributed by atoms with E-state index in [0.717, 1.165) is 29.5 Å². The molecule has 1 aromatic carbocycles. The lowest BCUT2D eigenvalue weighted by molar-refractivity contribution is 0.00701. The fourth-order valence-corrected chi connectivity index (χ4v) is 2.89. The number of likely N-dealkylation sites (tertiary alicyclic amines) is 1. The van der Waals surface area contributed by atoms with Crippen molar-refractivity contribution in [3.63, 3.8) is 0 Å². The lowest BCUT2D eigenvalue weighted by atomic mass is 10.1. The van der Waals surface area contributed by atoms with Crippen LogP contribution in [0, 0.1) is 0 Å². The third kappa shape index (κ3) is 6.85. The average Bonchev–Trinajstić information content (AvgIpc) is 3.15. The van der Waals surface area contributed by atoms with Crippen molar-refractivity contribution in [2.24, 2.45) is 4.99 Å². The molecule has 164 valence electrons. The van der Waals surface area contributed by atoms with Crippen molar-refractivity contribution in [1.29, 1.82) is 0 Å². The maximum Gasteiger partial charge on any atom is 0.410 e. The first-order valence-electron chi connectivity index (χ1n) is 9.81. The van der Waals surface area contributed by atoms with Crippen molar-refractivity contribution in [2.75, 3.05) is 19.6 Å². The maximum absolute atomic E-state index is 12.1. The van der Waals surface area contributed by atoms with Crippen LogP contribution in [-0.2, 0) is 11.3 Å². The highest BCUT2D eigenvalue weighted by molar-refractivity contribution is 14.0. The predicted molar refractivity (Wildman–Crippen MR) is 127 cm³/mol. The molecule has 0 aliphatic carbocycles. The van der Waals surface area contributed by atoms with Crippen LogP contribution in [0.4, 0.5) is 4.79 Å². The molecule has 0 bridgehead atoms. The summed E-state index contributed by atoms with van der Waals surface area (Å²) in [7, 11) is 0. The Morgan fingerprint density at radius 2 is 2.13 bits per heavy atom. The number of aromatic nitrogens is 3. The van der Waals surface area contributed by atoms with Crippen molar-refractivity contribution in [3.05, 3.63) is 36.2 Å². The summed E-state index contributed by atoms with van der Waals surface area (Å²) in [6, 6.07) is 8.19. The third-order valence-corrected chi connectivity index (χ3v) is 4.25. The van der Waals surface area contributed by atoms with Crippen LogP contribution in [0.1, 0.15) is 33.3 Å². The fourth-order valence-electron chi connectivity index (χ4n) is 2.89. The molecule has 2 heterocycles. The second-order valence-corrected chi connectivity index (χ2v) is 7.96. The van der Waals surface area contributed by atoms with Crippen LogP contribution in [0.3, 0.4) is 0 Å². The lowest BCUT2D eigenvalue weighted by Crippen LogP contribution is -2.63. The first kappa shape index (κ1) is 23.9. The number of carbonyl (C=O) groups is 1. The van der Waals surface area contributed by atoms with Gasteiger partial charge in [0.25, 0.3) is 0 Å². The molecule has 0 saturated carbocycles.